The highest BCUT2D eigenvalue weighted by Gasteiger charge is 2.08. The second-order valence-corrected chi connectivity index (χ2v) is 6.74. The maximum Gasteiger partial charge on any atom is 0.0595 e. The second-order valence-electron chi connectivity index (χ2n) is 4.45. The minimum Gasteiger partial charge on any atom is -0.327 e. The Morgan fingerprint density at radius 2 is 1.70 bits per heavy atom. The SMILES string of the molecule is NC(CSc1ccccc1Cl)Cc1ccc(Cl)c(Cl)c1. The van der Waals surface area contributed by atoms with Crippen LogP contribution in [-0.4, -0.2) is 11.8 Å². The molecule has 0 spiro atoms. The van der Waals surface area contributed by atoms with Gasteiger partial charge in [-0.15, -0.1) is 11.8 Å². The lowest BCUT2D eigenvalue weighted by Crippen LogP contribution is -2.25. The standard InChI is InChI=1S/C15H14Cl3NS/c16-12-6-5-10(8-14(12)18)7-11(19)9-20-15-4-2-1-3-13(15)17/h1-6,8,11H,7,9,19H2. The molecule has 20 heavy (non-hydrogen) atoms. The van der Waals surface area contributed by atoms with Crippen molar-refractivity contribution in [2.24, 2.45) is 5.73 Å². The number of thioether (sulfide) groups is 1. The molecule has 1 atom stereocenters. The number of halogens is 3. The van der Waals surface area contributed by atoms with Crippen LogP contribution in [0.2, 0.25) is 15.1 Å². The van der Waals surface area contributed by atoms with Crippen LogP contribution in [0.5, 0.6) is 0 Å². The molecule has 106 valence electrons. The molecule has 1 nitrogen and oxygen atoms in total. The van der Waals surface area contributed by atoms with E-state index in [1.807, 2.05) is 36.4 Å². The van der Waals surface area contributed by atoms with Crippen LogP contribution in [0.15, 0.2) is 47.4 Å². The van der Waals surface area contributed by atoms with E-state index in [-0.39, 0.29) is 6.04 Å². The Labute approximate surface area is 138 Å². The molecule has 0 saturated heterocycles. The topological polar surface area (TPSA) is 26.0 Å². The third kappa shape index (κ3) is 4.57. The first kappa shape index (κ1) is 16.0. The van der Waals surface area contributed by atoms with E-state index in [2.05, 4.69) is 0 Å². The van der Waals surface area contributed by atoms with Crippen LogP contribution in [0.25, 0.3) is 0 Å². The van der Waals surface area contributed by atoms with Gasteiger partial charge in [0.05, 0.1) is 15.1 Å². The lowest BCUT2D eigenvalue weighted by Gasteiger charge is -2.12. The first-order valence-corrected chi connectivity index (χ1v) is 8.25. The van der Waals surface area contributed by atoms with Gasteiger partial charge < -0.3 is 5.73 Å². The van der Waals surface area contributed by atoms with Crippen molar-refractivity contribution in [3.63, 3.8) is 0 Å². The number of nitrogens with two attached hydrogens (primary N) is 1. The van der Waals surface area contributed by atoms with Crippen molar-refractivity contribution < 1.29 is 0 Å². The smallest absolute Gasteiger partial charge is 0.0595 e. The predicted octanol–water partition coefficient (Wildman–Crippen LogP) is 5.31. The summed E-state index contributed by atoms with van der Waals surface area (Å²) in [6.45, 7) is 0. The van der Waals surface area contributed by atoms with E-state index >= 15 is 0 Å². The molecule has 1 unspecified atom stereocenters. The van der Waals surface area contributed by atoms with E-state index in [0.29, 0.717) is 10.0 Å². The van der Waals surface area contributed by atoms with Crippen LogP contribution in [0.3, 0.4) is 0 Å². The van der Waals surface area contributed by atoms with E-state index < -0.39 is 0 Å². The molecule has 0 aromatic heterocycles. The summed E-state index contributed by atoms with van der Waals surface area (Å²) in [6, 6.07) is 13.4. The van der Waals surface area contributed by atoms with E-state index in [0.717, 1.165) is 27.7 Å². The molecule has 5 heteroatoms. The third-order valence-corrected chi connectivity index (χ3v) is 5.21. The van der Waals surface area contributed by atoms with Crippen LogP contribution in [0.1, 0.15) is 5.56 Å². The summed E-state index contributed by atoms with van der Waals surface area (Å²) in [4.78, 5) is 1.05. The molecule has 2 aromatic rings. The Hall–Kier alpha value is -0.380. The zero-order valence-corrected chi connectivity index (χ0v) is 13.7. The number of benzene rings is 2. The number of hydrogen-bond acceptors (Lipinski definition) is 2. The quantitative estimate of drug-likeness (QED) is 0.743. The van der Waals surface area contributed by atoms with Gasteiger partial charge >= 0.3 is 0 Å². The Bertz CT molecular complexity index is 589. The first-order valence-electron chi connectivity index (χ1n) is 6.13. The van der Waals surface area contributed by atoms with E-state index in [4.69, 9.17) is 40.5 Å². The van der Waals surface area contributed by atoms with Crippen LogP contribution in [-0.2, 0) is 6.42 Å². The third-order valence-electron chi connectivity index (χ3n) is 2.77. The van der Waals surface area contributed by atoms with Crippen LogP contribution >= 0.6 is 46.6 Å². The Morgan fingerprint density at radius 3 is 2.40 bits per heavy atom. The summed E-state index contributed by atoms with van der Waals surface area (Å²) in [5.41, 5.74) is 7.24. The fourth-order valence-corrected chi connectivity index (χ4v) is 3.30. The molecular formula is C15H14Cl3NS. The van der Waals surface area contributed by atoms with Gasteiger partial charge in [0.2, 0.25) is 0 Å². The second kappa shape index (κ2) is 7.58. The summed E-state index contributed by atoms with van der Waals surface area (Å²) in [6.07, 6.45) is 0.758. The van der Waals surface area contributed by atoms with Crippen molar-refractivity contribution in [2.75, 3.05) is 5.75 Å². The Balaban J connectivity index is 1.91. The summed E-state index contributed by atoms with van der Waals surface area (Å²) in [5, 5.41) is 1.89. The minimum atomic E-state index is 0.0357. The van der Waals surface area contributed by atoms with Crippen molar-refractivity contribution in [2.45, 2.75) is 17.4 Å². The average molecular weight is 347 g/mol. The lowest BCUT2D eigenvalue weighted by molar-refractivity contribution is 0.749. The molecule has 0 aliphatic carbocycles. The Kier molecular flexibility index (Phi) is 6.06. The summed E-state index contributed by atoms with van der Waals surface area (Å²) in [5.74, 6) is 0.796. The van der Waals surface area contributed by atoms with Gasteiger partial charge in [0.15, 0.2) is 0 Å². The zero-order chi connectivity index (χ0) is 14.5. The summed E-state index contributed by atoms with van der Waals surface area (Å²) in [7, 11) is 0. The van der Waals surface area contributed by atoms with Crippen LogP contribution < -0.4 is 5.73 Å². The number of rotatable bonds is 5. The molecule has 0 bridgehead atoms. The maximum atomic E-state index is 6.15. The highest BCUT2D eigenvalue weighted by atomic mass is 35.5. The highest BCUT2D eigenvalue weighted by molar-refractivity contribution is 7.99. The van der Waals surface area contributed by atoms with E-state index in [1.54, 1.807) is 17.8 Å². The Morgan fingerprint density at radius 1 is 0.950 bits per heavy atom. The molecule has 2 N–H and O–H groups in total. The fourth-order valence-electron chi connectivity index (χ4n) is 1.79. The van der Waals surface area contributed by atoms with Gasteiger partial charge in [0.25, 0.3) is 0 Å². The van der Waals surface area contributed by atoms with Crippen LogP contribution in [0, 0.1) is 0 Å². The van der Waals surface area contributed by atoms with Crippen LogP contribution in [0.4, 0.5) is 0 Å². The minimum absolute atomic E-state index is 0.0357. The van der Waals surface area contributed by atoms with Gasteiger partial charge in [-0.25, -0.2) is 0 Å². The van der Waals surface area contributed by atoms with E-state index in [1.165, 1.54) is 0 Å². The maximum absolute atomic E-state index is 6.15. The lowest BCUT2D eigenvalue weighted by atomic mass is 10.1. The van der Waals surface area contributed by atoms with Crippen molar-refractivity contribution in [3.05, 3.63) is 63.1 Å². The summed E-state index contributed by atoms with van der Waals surface area (Å²) < 4.78 is 0. The molecule has 0 amide bonds. The highest BCUT2D eigenvalue weighted by Crippen LogP contribution is 2.28. The summed E-state index contributed by atoms with van der Waals surface area (Å²) >= 11 is 19.7. The van der Waals surface area contributed by atoms with Gasteiger partial charge in [-0.05, 0) is 36.2 Å². The molecule has 0 heterocycles. The largest absolute Gasteiger partial charge is 0.327 e. The van der Waals surface area contributed by atoms with E-state index in [9.17, 15) is 0 Å². The molecule has 0 aliphatic heterocycles. The average Bonchev–Trinajstić information content (AvgIpc) is 2.42. The van der Waals surface area contributed by atoms with Crippen molar-refractivity contribution in [1.82, 2.24) is 0 Å². The predicted molar refractivity (Wildman–Crippen MR) is 90.3 cm³/mol. The van der Waals surface area contributed by atoms with Gasteiger partial charge in [-0.3, -0.25) is 0 Å². The monoisotopic (exact) mass is 345 g/mol. The fraction of sp³-hybridized carbons (Fsp3) is 0.200. The van der Waals surface area contributed by atoms with Gasteiger partial charge in [-0.2, -0.15) is 0 Å². The molecular weight excluding hydrogens is 333 g/mol. The molecule has 0 fully saturated rings. The normalized spacial score (nSPS) is 12.4. The zero-order valence-electron chi connectivity index (χ0n) is 10.7. The van der Waals surface area contributed by atoms with Crippen molar-refractivity contribution >= 4 is 46.6 Å². The molecule has 0 radical (unpaired) electrons. The number of hydrogen-bond donors (Lipinski definition) is 1. The van der Waals surface area contributed by atoms with Crippen molar-refractivity contribution in [3.8, 4) is 0 Å². The van der Waals surface area contributed by atoms with Gasteiger partial charge in [0, 0.05) is 16.7 Å². The van der Waals surface area contributed by atoms with Crippen molar-refractivity contribution in [1.29, 1.82) is 0 Å². The van der Waals surface area contributed by atoms with Gasteiger partial charge in [0.1, 0.15) is 0 Å². The molecule has 0 aliphatic rings. The molecule has 2 rings (SSSR count). The van der Waals surface area contributed by atoms with Gasteiger partial charge in [-0.1, -0.05) is 53.0 Å². The first-order chi connectivity index (χ1) is 9.56. The molecule has 0 saturated carbocycles. The molecule has 2 aromatic carbocycles.